The number of nitrogens with one attached hydrogen (secondary N) is 1. The Morgan fingerprint density at radius 3 is 2.76 bits per heavy atom. The topological polar surface area (TPSA) is 60.1 Å². The second-order valence-electron chi connectivity index (χ2n) is 5.40. The Morgan fingerprint density at radius 2 is 2.10 bits per heavy atom. The molecule has 0 amide bonds. The van der Waals surface area contributed by atoms with Crippen molar-refractivity contribution in [1.82, 2.24) is 15.1 Å². The van der Waals surface area contributed by atoms with E-state index in [0.29, 0.717) is 6.04 Å². The predicted octanol–water partition coefficient (Wildman–Crippen LogP) is 2.87. The molecule has 1 aliphatic rings. The number of hydrogen-bond acceptors (Lipinski definition) is 4. The van der Waals surface area contributed by atoms with Crippen LogP contribution in [0.2, 0.25) is 0 Å². The largest absolute Gasteiger partial charge is 0.453 e. The molecule has 112 valence electrons. The van der Waals surface area contributed by atoms with Gasteiger partial charge in [-0.25, -0.2) is 4.68 Å². The van der Waals surface area contributed by atoms with Gasteiger partial charge in [-0.05, 0) is 59.8 Å². The number of aromatic nitrogens is 2. The third kappa shape index (κ3) is 3.63. The van der Waals surface area contributed by atoms with Crippen molar-refractivity contribution in [1.29, 1.82) is 0 Å². The Balaban J connectivity index is 1.51. The fourth-order valence-corrected chi connectivity index (χ4v) is 3.20. The molecule has 0 atom stereocenters. The number of nitrogens with zero attached hydrogens (tertiary/aromatic N) is 2. The molecule has 1 N–H and O–H groups in total. The molecule has 3 rings (SSSR count). The highest BCUT2D eigenvalue weighted by Gasteiger charge is 2.23. The maximum atomic E-state index is 11.8. The lowest BCUT2D eigenvalue weighted by molar-refractivity contribution is 0.264. The van der Waals surface area contributed by atoms with Gasteiger partial charge in [-0.1, -0.05) is 0 Å². The molecule has 0 aliphatic heterocycles. The lowest BCUT2D eigenvalue weighted by Crippen LogP contribution is -2.36. The molecule has 2 aromatic rings. The molecular formula is C15H18BrN3O2. The van der Waals surface area contributed by atoms with Crippen LogP contribution < -0.4 is 10.9 Å². The first-order chi connectivity index (χ1) is 10.2. The van der Waals surface area contributed by atoms with Crippen LogP contribution in [0.5, 0.6) is 0 Å². The molecule has 0 unspecified atom stereocenters. The van der Waals surface area contributed by atoms with E-state index in [1.165, 1.54) is 0 Å². The van der Waals surface area contributed by atoms with Crippen LogP contribution in [0, 0.1) is 0 Å². The fourth-order valence-electron chi connectivity index (χ4n) is 2.86. The van der Waals surface area contributed by atoms with Gasteiger partial charge in [0, 0.05) is 18.3 Å². The average molecular weight is 352 g/mol. The van der Waals surface area contributed by atoms with Gasteiger partial charge < -0.3 is 9.73 Å². The van der Waals surface area contributed by atoms with Crippen molar-refractivity contribution in [2.75, 3.05) is 0 Å². The summed E-state index contributed by atoms with van der Waals surface area (Å²) in [7, 11) is 0. The zero-order valence-electron chi connectivity index (χ0n) is 11.7. The predicted molar refractivity (Wildman–Crippen MR) is 83.0 cm³/mol. The number of rotatable bonds is 4. The normalized spacial score (nSPS) is 22.3. The van der Waals surface area contributed by atoms with Gasteiger partial charge in [0.05, 0.1) is 12.6 Å². The molecule has 2 heterocycles. The summed E-state index contributed by atoms with van der Waals surface area (Å²) in [4.78, 5) is 11.8. The van der Waals surface area contributed by atoms with Crippen LogP contribution >= 0.6 is 15.9 Å². The molecule has 0 radical (unpaired) electrons. The van der Waals surface area contributed by atoms with Crippen LogP contribution in [0.3, 0.4) is 0 Å². The summed E-state index contributed by atoms with van der Waals surface area (Å²) in [6.45, 7) is 0.741. The summed E-state index contributed by atoms with van der Waals surface area (Å²) in [6.07, 6.45) is 5.75. The average Bonchev–Trinajstić information content (AvgIpc) is 2.92. The van der Waals surface area contributed by atoms with E-state index in [9.17, 15) is 4.79 Å². The van der Waals surface area contributed by atoms with Gasteiger partial charge in [0.15, 0.2) is 4.67 Å². The maximum Gasteiger partial charge on any atom is 0.266 e. The van der Waals surface area contributed by atoms with Crippen molar-refractivity contribution < 1.29 is 4.42 Å². The van der Waals surface area contributed by atoms with E-state index in [1.54, 1.807) is 23.0 Å². The summed E-state index contributed by atoms with van der Waals surface area (Å²) in [6, 6.07) is 7.84. The van der Waals surface area contributed by atoms with Crippen molar-refractivity contribution in [2.45, 2.75) is 44.3 Å². The summed E-state index contributed by atoms with van der Waals surface area (Å²) in [5, 5.41) is 7.70. The molecule has 6 heteroatoms. The van der Waals surface area contributed by atoms with Crippen molar-refractivity contribution in [3.8, 4) is 0 Å². The van der Waals surface area contributed by atoms with Crippen LogP contribution in [0.25, 0.3) is 0 Å². The van der Waals surface area contributed by atoms with E-state index in [-0.39, 0.29) is 11.6 Å². The summed E-state index contributed by atoms with van der Waals surface area (Å²) >= 11 is 3.30. The van der Waals surface area contributed by atoms with Crippen LogP contribution in [0.4, 0.5) is 0 Å². The van der Waals surface area contributed by atoms with Gasteiger partial charge >= 0.3 is 0 Å². The fraction of sp³-hybridized carbons (Fsp3) is 0.467. The standard InChI is InChI=1S/C15H18BrN3O2/c16-14-8-7-13(21-14)10-17-11-3-5-12(6-4-11)19-15(20)2-1-9-18-19/h1-2,7-9,11-12,17H,3-6,10H2. The minimum absolute atomic E-state index is 0.00524. The van der Waals surface area contributed by atoms with Crippen LogP contribution in [-0.4, -0.2) is 15.8 Å². The van der Waals surface area contributed by atoms with Gasteiger partial charge in [0.25, 0.3) is 5.56 Å². The van der Waals surface area contributed by atoms with E-state index >= 15 is 0 Å². The molecule has 0 bridgehead atoms. The first-order valence-corrected chi connectivity index (χ1v) is 8.03. The SMILES string of the molecule is O=c1cccnn1C1CCC(NCc2ccc(Br)o2)CC1. The number of hydrogen-bond donors (Lipinski definition) is 1. The van der Waals surface area contributed by atoms with Crippen molar-refractivity contribution in [3.05, 3.63) is 51.2 Å². The van der Waals surface area contributed by atoms with Crippen molar-refractivity contribution in [2.24, 2.45) is 0 Å². The number of halogens is 1. The molecule has 1 saturated carbocycles. The third-order valence-electron chi connectivity index (χ3n) is 3.98. The van der Waals surface area contributed by atoms with Crippen LogP contribution in [-0.2, 0) is 6.54 Å². The molecular weight excluding hydrogens is 334 g/mol. The zero-order valence-corrected chi connectivity index (χ0v) is 13.3. The highest BCUT2D eigenvalue weighted by Crippen LogP contribution is 2.27. The molecule has 0 saturated heterocycles. The first kappa shape index (κ1) is 14.5. The van der Waals surface area contributed by atoms with Gasteiger partial charge in [-0.3, -0.25) is 4.79 Å². The van der Waals surface area contributed by atoms with E-state index in [4.69, 9.17) is 4.42 Å². The molecule has 1 fully saturated rings. The lowest BCUT2D eigenvalue weighted by Gasteiger charge is -2.29. The van der Waals surface area contributed by atoms with E-state index in [1.807, 2.05) is 12.1 Å². The maximum absolute atomic E-state index is 11.8. The molecule has 1 aliphatic carbocycles. The monoisotopic (exact) mass is 351 g/mol. The smallest absolute Gasteiger partial charge is 0.266 e. The van der Waals surface area contributed by atoms with Gasteiger partial charge in [0.1, 0.15) is 5.76 Å². The molecule has 5 nitrogen and oxygen atoms in total. The summed E-state index contributed by atoms with van der Waals surface area (Å²) in [5.74, 6) is 0.935. The van der Waals surface area contributed by atoms with Crippen LogP contribution in [0.15, 0.2) is 44.3 Å². The first-order valence-electron chi connectivity index (χ1n) is 7.24. The summed E-state index contributed by atoms with van der Waals surface area (Å²) in [5.41, 5.74) is -0.00524. The highest BCUT2D eigenvalue weighted by atomic mass is 79.9. The third-order valence-corrected chi connectivity index (χ3v) is 4.40. The number of furan rings is 1. The lowest BCUT2D eigenvalue weighted by atomic mass is 9.91. The minimum Gasteiger partial charge on any atom is -0.453 e. The molecule has 2 aromatic heterocycles. The Bertz CT molecular complexity index is 644. The molecule has 0 spiro atoms. The second-order valence-corrected chi connectivity index (χ2v) is 6.18. The van der Waals surface area contributed by atoms with Crippen molar-refractivity contribution in [3.63, 3.8) is 0 Å². The second kappa shape index (κ2) is 6.58. The van der Waals surface area contributed by atoms with Crippen LogP contribution in [0.1, 0.15) is 37.5 Å². The Kier molecular flexibility index (Phi) is 4.55. The summed E-state index contributed by atoms with van der Waals surface area (Å²) < 4.78 is 7.87. The highest BCUT2D eigenvalue weighted by molar-refractivity contribution is 9.10. The van der Waals surface area contributed by atoms with E-state index in [0.717, 1.165) is 42.7 Å². The Labute approximate surface area is 131 Å². The minimum atomic E-state index is -0.00524. The Morgan fingerprint density at radius 1 is 1.29 bits per heavy atom. The van der Waals surface area contributed by atoms with E-state index in [2.05, 4.69) is 26.3 Å². The Hall–Kier alpha value is -1.40. The zero-order chi connectivity index (χ0) is 14.7. The van der Waals surface area contributed by atoms with Gasteiger partial charge in [-0.2, -0.15) is 5.10 Å². The van der Waals surface area contributed by atoms with Gasteiger partial charge in [0.2, 0.25) is 0 Å². The van der Waals surface area contributed by atoms with E-state index < -0.39 is 0 Å². The molecule has 21 heavy (non-hydrogen) atoms. The van der Waals surface area contributed by atoms with Gasteiger partial charge in [-0.15, -0.1) is 0 Å². The van der Waals surface area contributed by atoms with Crippen molar-refractivity contribution >= 4 is 15.9 Å². The molecule has 0 aromatic carbocycles. The quantitative estimate of drug-likeness (QED) is 0.919.